The van der Waals surface area contributed by atoms with E-state index in [1.165, 1.54) is 5.56 Å². The van der Waals surface area contributed by atoms with Crippen molar-refractivity contribution < 1.29 is 14.3 Å². The largest absolute Gasteiger partial charge is 0.347 e. The lowest BCUT2D eigenvalue weighted by Gasteiger charge is -2.61. The molecule has 29 heavy (non-hydrogen) atoms. The maximum Gasteiger partial charge on any atom is 0.175 e. The van der Waals surface area contributed by atoms with Crippen LogP contribution in [0.2, 0.25) is 0 Å². The number of benzene rings is 1. The molecular weight excluding hydrogens is 362 g/mol. The molecule has 1 spiro atoms. The van der Waals surface area contributed by atoms with Crippen molar-refractivity contribution in [3.8, 4) is 0 Å². The third-order valence-corrected chi connectivity index (χ3v) is 7.60. The molecule has 0 aliphatic carbocycles. The quantitative estimate of drug-likeness (QED) is 0.553. The lowest BCUT2D eigenvalue weighted by Crippen LogP contribution is -2.71. The van der Waals surface area contributed by atoms with Crippen molar-refractivity contribution in [2.75, 3.05) is 13.2 Å². The molecule has 3 rings (SSSR count). The summed E-state index contributed by atoms with van der Waals surface area (Å²) < 4.78 is 13.1. The van der Waals surface area contributed by atoms with Gasteiger partial charge in [0.1, 0.15) is 0 Å². The summed E-state index contributed by atoms with van der Waals surface area (Å²) in [6.07, 6.45) is 6.16. The van der Waals surface area contributed by atoms with Gasteiger partial charge in [-0.1, -0.05) is 64.4 Å². The van der Waals surface area contributed by atoms with Crippen LogP contribution in [0.15, 0.2) is 30.3 Å². The molecule has 2 fully saturated rings. The molecule has 2 heterocycles. The van der Waals surface area contributed by atoms with Crippen molar-refractivity contribution in [2.45, 2.75) is 103 Å². The molecule has 2 aliphatic heterocycles. The monoisotopic (exact) mass is 403 g/mol. The van der Waals surface area contributed by atoms with Crippen LogP contribution in [0.1, 0.15) is 79.2 Å². The molecule has 1 aromatic rings. The van der Waals surface area contributed by atoms with E-state index < -0.39 is 5.79 Å². The first kappa shape index (κ1) is 22.7. The van der Waals surface area contributed by atoms with Gasteiger partial charge in [0, 0.05) is 17.9 Å². The van der Waals surface area contributed by atoms with Crippen LogP contribution in [-0.4, -0.2) is 41.2 Å². The van der Waals surface area contributed by atoms with E-state index >= 15 is 0 Å². The van der Waals surface area contributed by atoms with Crippen LogP contribution in [-0.2, 0) is 20.7 Å². The fraction of sp³-hybridized carbons (Fsp3) is 0.760. The van der Waals surface area contributed by atoms with Gasteiger partial charge in [-0.15, -0.1) is 0 Å². The van der Waals surface area contributed by atoms with Gasteiger partial charge < -0.3 is 9.47 Å². The number of rotatable bonds is 8. The molecule has 0 amide bonds. The summed E-state index contributed by atoms with van der Waals surface area (Å²) >= 11 is 0. The average Bonchev–Trinajstić information content (AvgIpc) is 3.13. The Morgan fingerprint density at radius 1 is 1.10 bits per heavy atom. The molecule has 1 aromatic carbocycles. The van der Waals surface area contributed by atoms with E-state index in [9.17, 15) is 0 Å². The highest BCUT2D eigenvalue weighted by atomic mass is 16.8. The summed E-state index contributed by atoms with van der Waals surface area (Å²) in [7, 11) is 0. The standard InChI is InChI=1S/C25H41NO3/c1-7-13-22-18-27-25(29-22)19-23(5,8-2)26(24(6,9-3)20(25)4)28-17-16-21-14-11-10-12-15-21/h10-12,14-15,20,22H,7-9,13,16-19H2,1-6H3. The molecule has 2 aliphatic rings. The third kappa shape index (κ3) is 4.27. The lowest BCUT2D eigenvalue weighted by atomic mass is 9.67. The highest BCUT2D eigenvalue weighted by Crippen LogP contribution is 2.54. The summed E-state index contributed by atoms with van der Waals surface area (Å²) in [5.74, 6) is -0.285. The van der Waals surface area contributed by atoms with Crippen LogP contribution in [0.25, 0.3) is 0 Å². The number of hydroxylamine groups is 2. The van der Waals surface area contributed by atoms with Crippen LogP contribution in [0.3, 0.4) is 0 Å². The van der Waals surface area contributed by atoms with Gasteiger partial charge in [0.05, 0.1) is 24.9 Å². The van der Waals surface area contributed by atoms with E-state index in [1.807, 2.05) is 0 Å². The van der Waals surface area contributed by atoms with Crippen LogP contribution in [0, 0.1) is 5.92 Å². The van der Waals surface area contributed by atoms with Gasteiger partial charge in [0.2, 0.25) is 0 Å². The molecule has 0 saturated carbocycles. The fourth-order valence-corrected chi connectivity index (χ4v) is 5.31. The minimum absolute atomic E-state index is 0.130. The van der Waals surface area contributed by atoms with Gasteiger partial charge >= 0.3 is 0 Å². The first-order valence-corrected chi connectivity index (χ1v) is 11.6. The van der Waals surface area contributed by atoms with Gasteiger partial charge in [-0.05, 0) is 45.1 Å². The molecule has 4 nitrogen and oxygen atoms in total. The van der Waals surface area contributed by atoms with Gasteiger partial charge in [0.25, 0.3) is 0 Å². The minimum atomic E-state index is -0.505. The van der Waals surface area contributed by atoms with Crippen LogP contribution in [0.5, 0.6) is 0 Å². The van der Waals surface area contributed by atoms with E-state index in [2.05, 4.69) is 76.9 Å². The van der Waals surface area contributed by atoms with Crippen molar-refractivity contribution in [1.82, 2.24) is 5.06 Å². The SMILES string of the molecule is CCCC1COC2(CC(C)(CC)N(OCCc3ccccc3)C(C)(CC)C2C)O1. The number of ether oxygens (including phenoxy) is 2. The number of piperidine rings is 1. The number of hydrogen-bond donors (Lipinski definition) is 0. The molecule has 0 radical (unpaired) electrons. The topological polar surface area (TPSA) is 30.9 Å². The van der Waals surface area contributed by atoms with Crippen LogP contribution in [0.4, 0.5) is 0 Å². The van der Waals surface area contributed by atoms with Gasteiger partial charge in [-0.3, -0.25) is 4.84 Å². The second-order valence-electron chi connectivity index (χ2n) is 9.47. The smallest absolute Gasteiger partial charge is 0.175 e. The zero-order valence-corrected chi connectivity index (χ0v) is 19.4. The van der Waals surface area contributed by atoms with Crippen LogP contribution >= 0.6 is 0 Å². The summed E-state index contributed by atoms with van der Waals surface area (Å²) in [5.41, 5.74) is 1.03. The zero-order chi connectivity index (χ0) is 21.1. The van der Waals surface area contributed by atoms with E-state index in [1.54, 1.807) is 0 Å². The second-order valence-corrected chi connectivity index (χ2v) is 9.47. The maximum atomic E-state index is 6.65. The van der Waals surface area contributed by atoms with Crippen molar-refractivity contribution in [1.29, 1.82) is 0 Å². The summed E-state index contributed by atoms with van der Waals surface area (Å²) in [5, 5.41) is 2.32. The molecule has 2 saturated heterocycles. The normalized spacial score (nSPS) is 38.0. The first-order chi connectivity index (χ1) is 13.8. The number of nitrogens with zero attached hydrogens (tertiary/aromatic N) is 1. The van der Waals surface area contributed by atoms with E-state index in [0.717, 1.165) is 38.5 Å². The van der Waals surface area contributed by atoms with Gasteiger partial charge in [-0.25, -0.2) is 0 Å². The first-order valence-electron chi connectivity index (χ1n) is 11.6. The lowest BCUT2D eigenvalue weighted by molar-refractivity contribution is -0.368. The Balaban J connectivity index is 1.81. The minimum Gasteiger partial charge on any atom is -0.347 e. The summed E-state index contributed by atoms with van der Waals surface area (Å²) in [6, 6.07) is 10.6. The summed E-state index contributed by atoms with van der Waals surface area (Å²) in [4.78, 5) is 6.57. The summed E-state index contributed by atoms with van der Waals surface area (Å²) in [6.45, 7) is 15.1. The molecule has 4 heteroatoms. The molecule has 0 aromatic heterocycles. The van der Waals surface area contributed by atoms with E-state index in [0.29, 0.717) is 13.2 Å². The fourth-order valence-electron chi connectivity index (χ4n) is 5.31. The van der Waals surface area contributed by atoms with Crippen LogP contribution < -0.4 is 0 Å². The Labute approximate surface area is 177 Å². The Morgan fingerprint density at radius 2 is 1.83 bits per heavy atom. The molecule has 0 bridgehead atoms. The zero-order valence-electron chi connectivity index (χ0n) is 19.4. The molecular formula is C25H41NO3. The second kappa shape index (κ2) is 9.05. The van der Waals surface area contributed by atoms with Gasteiger partial charge in [0.15, 0.2) is 5.79 Å². The predicted molar refractivity (Wildman–Crippen MR) is 118 cm³/mol. The van der Waals surface area contributed by atoms with Crippen molar-refractivity contribution in [3.05, 3.63) is 35.9 Å². The van der Waals surface area contributed by atoms with Gasteiger partial charge in [-0.2, -0.15) is 5.06 Å². The average molecular weight is 404 g/mol. The Bertz CT molecular complexity index is 653. The maximum absolute atomic E-state index is 6.65. The highest BCUT2D eigenvalue weighted by Gasteiger charge is 2.63. The molecule has 5 atom stereocenters. The predicted octanol–water partition coefficient (Wildman–Crippen LogP) is 5.75. The highest BCUT2D eigenvalue weighted by molar-refractivity contribution is 5.15. The van der Waals surface area contributed by atoms with Crippen molar-refractivity contribution in [2.24, 2.45) is 5.92 Å². The molecule has 5 unspecified atom stereocenters. The molecule has 164 valence electrons. The Morgan fingerprint density at radius 3 is 2.45 bits per heavy atom. The molecule has 0 N–H and O–H groups in total. The van der Waals surface area contributed by atoms with Crippen molar-refractivity contribution >= 4 is 0 Å². The Hall–Kier alpha value is -0.940. The third-order valence-electron chi connectivity index (χ3n) is 7.60. The number of hydrogen-bond acceptors (Lipinski definition) is 4. The van der Waals surface area contributed by atoms with Crippen molar-refractivity contribution in [3.63, 3.8) is 0 Å². The van der Waals surface area contributed by atoms with E-state index in [-0.39, 0.29) is 23.1 Å². The van der Waals surface area contributed by atoms with E-state index in [4.69, 9.17) is 14.3 Å². The Kier molecular flexibility index (Phi) is 7.10.